The van der Waals surface area contributed by atoms with Crippen LogP contribution >= 0.6 is 0 Å². The molecule has 2 N–H and O–H groups in total. The Bertz CT molecular complexity index is 831. The molecule has 2 rings (SSSR count). The van der Waals surface area contributed by atoms with Crippen molar-refractivity contribution < 1.29 is 14.5 Å². The van der Waals surface area contributed by atoms with Gasteiger partial charge in [-0.05, 0) is 19.1 Å². The number of hydrogen-bond acceptors (Lipinski definition) is 5. The van der Waals surface area contributed by atoms with E-state index in [1.807, 2.05) is 19.1 Å². The number of amides is 2. The standard InChI is InChI=1S/C18H18N4O4/c1-13-5-7-15(8-6-13)20-17(23)9-10-18(24)21-19-12-14-3-2-4-16(11-14)22(25)26/h2-8,11-12H,9-10H2,1H3,(H,20,23)(H,21,24)/b19-12+. The van der Waals surface area contributed by atoms with Gasteiger partial charge in [0.25, 0.3) is 5.69 Å². The van der Waals surface area contributed by atoms with E-state index >= 15 is 0 Å². The van der Waals surface area contributed by atoms with E-state index in [9.17, 15) is 19.7 Å². The fraction of sp³-hybridized carbons (Fsp3) is 0.167. The fourth-order valence-corrected chi connectivity index (χ4v) is 2.04. The number of nitrogens with zero attached hydrogens (tertiary/aromatic N) is 2. The maximum atomic E-state index is 11.8. The highest BCUT2D eigenvalue weighted by Gasteiger charge is 2.07. The van der Waals surface area contributed by atoms with Crippen LogP contribution in [-0.2, 0) is 9.59 Å². The fourth-order valence-electron chi connectivity index (χ4n) is 2.04. The van der Waals surface area contributed by atoms with Gasteiger partial charge in [-0.1, -0.05) is 29.8 Å². The van der Waals surface area contributed by atoms with Gasteiger partial charge in [-0.2, -0.15) is 5.10 Å². The molecule has 8 heteroatoms. The van der Waals surface area contributed by atoms with Crippen LogP contribution in [0.5, 0.6) is 0 Å². The third-order valence-corrected chi connectivity index (χ3v) is 3.40. The number of hydrogen-bond donors (Lipinski definition) is 2. The molecule has 134 valence electrons. The van der Waals surface area contributed by atoms with E-state index < -0.39 is 10.8 Å². The number of carbonyl (C=O) groups is 2. The Hall–Kier alpha value is -3.55. The maximum Gasteiger partial charge on any atom is 0.270 e. The lowest BCUT2D eigenvalue weighted by Crippen LogP contribution is -2.20. The molecule has 0 atom stereocenters. The number of nitrogens with one attached hydrogen (secondary N) is 2. The number of rotatable bonds is 7. The van der Waals surface area contributed by atoms with Crippen LogP contribution < -0.4 is 10.7 Å². The van der Waals surface area contributed by atoms with Crippen molar-refractivity contribution in [2.24, 2.45) is 5.10 Å². The summed E-state index contributed by atoms with van der Waals surface area (Å²) < 4.78 is 0. The van der Waals surface area contributed by atoms with Crippen LogP contribution in [0.2, 0.25) is 0 Å². The molecule has 2 amide bonds. The van der Waals surface area contributed by atoms with Crippen molar-refractivity contribution in [3.8, 4) is 0 Å². The van der Waals surface area contributed by atoms with Crippen molar-refractivity contribution in [3.63, 3.8) is 0 Å². The van der Waals surface area contributed by atoms with Gasteiger partial charge in [0.15, 0.2) is 0 Å². The van der Waals surface area contributed by atoms with E-state index in [0.29, 0.717) is 11.3 Å². The summed E-state index contributed by atoms with van der Waals surface area (Å²) in [5, 5.41) is 17.1. The molecule has 0 aliphatic carbocycles. The largest absolute Gasteiger partial charge is 0.326 e. The number of aryl methyl sites for hydroxylation is 1. The molecule has 0 spiro atoms. The van der Waals surface area contributed by atoms with Crippen LogP contribution in [0.1, 0.15) is 24.0 Å². The van der Waals surface area contributed by atoms with Crippen LogP contribution in [0.4, 0.5) is 11.4 Å². The number of benzene rings is 2. The molecule has 0 aliphatic heterocycles. The summed E-state index contributed by atoms with van der Waals surface area (Å²) in [5.74, 6) is -0.697. The highest BCUT2D eigenvalue weighted by atomic mass is 16.6. The first-order valence-electron chi connectivity index (χ1n) is 7.87. The second kappa shape index (κ2) is 9.07. The summed E-state index contributed by atoms with van der Waals surface area (Å²) in [6, 6.07) is 13.2. The summed E-state index contributed by atoms with van der Waals surface area (Å²) in [5.41, 5.74) is 4.47. The zero-order valence-electron chi connectivity index (χ0n) is 14.1. The monoisotopic (exact) mass is 354 g/mol. The molecule has 0 bridgehead atoms. The molecule has 0 aliphatic rings. The van der Waals surface area contributed by atoms with Crippen molar-refractivity contribution >= 4 is 29.4 Å². The molecular weight excluding hydrogens is 336 g/mol. The summed E-state index contributed by atoms with van der Waals surface area (Å²) in [7, 11) is 0. The lowest BCUT2D eigenvalue weighted by molar-refractivity contribution is -0.384. The molecule has 2 aromatic carbocycles. The Morgan fingerprint density at radius 1 is 1.12 bits per heavy atom. The second-order valence-corrected chi connectivity index (χ2v) is 5.56. The minimum absolute atomic E-state index is 0.0199. The predicted molar refractivity (Wildman–Crippen MR) is 97.9 cm³/mol. The Morgan fingerprint density at radius 3 is 2.50 bits per heavy atom. The van der Waals surface area contributed by atoms with Crippen molar-refractivity contribution in [2.75, 3.05) is 5.32 Å². The summed E-state index contributed by atoms with van der Waals surface area (Å²) in [6.07, 6.45) is 1.30. The average molecular weight is 354 g/mol. The van der Waals surface area contributed by atoms with Gasteiger partial charge in [-0.25, -0.2) is 5.43 Å². The molecule has 0 saturated heterocycles. The molecule has 0 heterocycles. The zero-order valence-corrected chi connectivity index (χ0v) is 14.1. The van der Waals surface area contributed by atoms with Gasteiger partial charge in [0.2, 0.25) is 11.8 Å². The Labute approximate surface area is 150 Å². The highest BCUT2D eigenvalue weighted by molar-refractivity contribution is 5.93. The van der Waals surface area contributed by atoms with Gasteiger partial charge in [-0.3, -0.25) is 19.7 Å². The van der Waals surface area contributed by atoms with Crippen molar-refractivity contribution in [1.82, 2.24) is 5.43 Å². The molecule has 8 nitrogen and oxygen atoms in total. The molecule has 0 unspecified atom stereocenters. The van der Waals surface area contributed by atoms with Crippen molar-refractivity contribution in [2.45, 2.75) is 19.8 Å². The number of nitro groups is 1. The minimum atomic E-state index is -0.511. The quantitative estimate of drug-likeness (QED) is 0.452. The predicted octanol–water partition coefficient (Wildman–Crippen LogP) is 2.77. The van der Waals surface area contributed by atoms with Gasteiger partial charge in [-0.15, -0.1) is 0 Å². The highest BCUT2D eigenvalue weighted by Crippen LogP contribution is 2.11. The van der Waals surface area contributed by atoms with Crippen LogP contribution in [0.25, 0.3) is 0 Å². The lowest BCUT2D eigenvalue weighted by Gasteiger charge is -2.05. The van der Waals surface area contributed by atoms with Crippen LogP contribution in [0.3, 0.4) is 0 Å². The van der Waals surface area contributed by atoms with E-state index in [4.69, 9.17) is 0 Å². The molecule has 26 heavy (non-hydrogen) atoms. The summed E-state index contributed by atoms with van der Waals surface area (Å²) in [4.78, 5) is 33.7. The number of hydrazone groups is 1. The lowest BCUT2D eigenvalue weighted by atomic mass is 10.2. The SMILES string of the molecule is Cc1ccc(NC(=O)CCC(=O)N/N=C/c2cccc([N+](=O)[O-])c2)cc1. The third kappa shape index (κ3) is 6.16. The van der Waals surface area contributed by atoms with E-state index in [1.54, 1.807) is 18.2 Å². The van der Waals surface area contributed by atoms with Crippen LogP contribution in [-0.4, -0.2) is 23.0 Å². The summed E-state index contributed by atoms with van der Waals surface area (Å²) in [6.45, 7) is 1.95. The van der Waals surface area contributed by atoms with E-state index in [2.05, 4.69) is 15.8 Å². The smallest absolute Gasteiger partial charge is 0.270 e. The molecular formula is C18H18N4O4. The van der Waals surface area contributed by atoms with Crippen LogP contribution in [0, 0.1) is 17.0 Å². The average Bonchev–Trinajstić information content (AvgIpc) is 2.62. The van der Waals surface area contributed by atoms with Crippen molar-refractivity contribution in [1.29, 1.82) is 0 Å². The van der Waals surface area contributed by atoms with Gasteiger partial charge < -0.3 is 5.32 Å². The topological polar surface area (TPSA) is 114 Å². The second-order valence-electron chi connectivity index (χ2n) is 5.56. The molecule has 0 aromatic heterocycles. The number of carbonyl (C=O) groups excluding carboxylic acids is 2. The number of anilines is 1. The Balaban J connectivity index is 1.76. The maximum absolute atomic E-state index is 11.8. The Morgan fingerprint density at radius 2 is 1.81 bits per heavy atom. The molecule has 0 fully saturated rings. The molecule has 0 saturated carbocycles. The van der Waals surface area contributed by atoms with Crippen molar-refractivity contribution in [3.05, 3.63) is 69.8 Å². The zero-order chi connectivity index (χ0) is 18.9. The number of non-ortho nitro benzene ring substituents is 1. The normalized spacial score (nSPS) is 10.5. The van der Waals surface area contributed by atoms with Gasteiger partial charge in [0, 0.05) is 36.2 Å². The minimum Gasteiger partial charge on any atom is -0.326 e. The first-order valence-corrected chi connectivity index (χ1v) is 7.87. The third-order valence-electron chi connectivity index (χ3n) is 3.40. The molecule has 2 aromatic rings. The van der Waals surface area contributed by atoms with E-state index in [1.165, 1.54) is 24.4 Å². The van der Waals surface area contributed by atoms with Gasteiger partial charge in [0.1, 0.15) is 0 Å². The first kappa shape index (κ1) is 18.8. The number of nitro benzene ring substituents is 1. The first-order chi connectivity index (χ1) is 12.4. The van der Waals surface area contributed by atoms with Gasteiger partial charge >= 0.3 is 0 Å². The van der Waals surface area contributed by atoms with Crippen LogP contribution in [0.15, 0.2) is 53.6 Å². The van der Waals surface area contributed by atoms with Gasteiger partial charge in [0.05, 0.1) is 11.1 Å². The molecule has 0 radical (unpaired) electrons. The summed E-state index contributed by atoms with van der Waals surface area (Å²) >= 11 is 0. The van der Waals surface area contributed by atoms with E-state index in [0.717, 1.165) is 5.56 Å². The van der Waals surface area contributed by atoms with E-state index in [-0.39, 0.29) is 24.4 Å². The Kier molecular flexibility index (Phi) is 6.55.